The van der Waals surface area contributed by atoms with Crippen LogP contribution in [0.4, 0.5) is 0 Å². The number of nitrogens with zero attached hydrogens (tertiary/aromatic N) is 3. The second-order valence-electron chi connectivity index (χ2n) is 6.81. The molecule has 0 N–H and O–H groups in total. The van der Waals surface area contributed by atoms with Crippen LogP contribution < -0.4 is 0 Å². The number of amides is 2. The first-order valence-corrected chi connectivity index (χ1v) is 10.2. The minimum Gasteiger partial charge on any atom is -0.342 e. The second-order valence-corrected chi connectivity index (χ2v) is 7.80. The average Bonchev–Trinajstić information content (AvgIpc) is 2.58. The highest BCUT2D eigenvalue weighted by molar-refractivity contribution is 7.98. The van der Waals surface area contributed by atoms with Crippen molar-refractivity contribution in [3.8, 4) is 0 Å². The average molecular weight is 342 g/mol. The van der Waals surface area contributed by atoms with Crippen molar-refractivity contribution >= 4 is 23.6 Å². The fourth-order valence-electron chi connectivity index (χ4n) is 3.42. The summed E-state index contributed by atoms with van der Waals surface area (Å²) in [5.74, 6) is 1.98. The molecular formula is C17H31N3O2S. The summed E-state index contributed by atoms with van der Waals surface area (Å²) < 4.78 is 0. The number of piperidine rings is 1. The molecule has 2 rings (SSSR count). The first-order chi connectivity index (χ1) is 11.1. The van der Waals surface area contributed by atoms with E-state index in [2.05, 4.69) is 11.9 Å². The van der Waals surface area contributed by atoms with E-state index in [0.29, 0.717) is 24.7 Å². The lowest BCUT2D eigenvalue weighted by Crippen LogP contribution is -2.47. The Morgan fingerprint density at radius 1 is 1.00 bits per heavy atom. The monoisotopic (exact) mass is 341 g/mol. The molecule has 0 aliphatic carbocycles. The van der Waals surface area contributed by atoms with Crippen LogP contribution in [0.2, 0.25) is 0 Å². The van der Waals surface area contributed by atoms with Crippen molar-refractivity contribution in [2.75, 3.05) is 58.3 Å². The number of thioether (sulfide) groups is 1. The third-order valence-electron chi connectivity index (χ3n) is 5.01. The summed E-state index contributed by atoms with van der Waals surface area (Å²) in [6.45, 7) is 5.43. The fraction of sp³-hybridized carbons (Fsp3) is 0.882. The molecule has 0 bridgehead atoms. The SMILES string of the molecule is CSCCC(=O)N1CCCC(CCC(=O)N2CCN(C)CC2)C1. The highest BCUT2D eigenvalue weighted by Gasteiger charge is 2.25. The van der Waals surface area contributed by atoms with Crippen LogP contribution >= 0.6 is 11.8 Å². The van der Waals surface area contributed by atoms with E-state index >= 15 is 0 Å². The van der Waals surface area contributed by atoms with Gasteiger partial charge in [-0.3, -0.25) is 9.59 Å². The number of carbonyl (C=O) groups excluding carboxylic acids is 2. The van der Waals surface area contributed by atoms with E-state index < -0.39 is 0 Å². The van der Waals surface area contributed by atoms with E-state index in [1.807, 2.05) is 16.1 Å². The van der Waals surface area contributed by atoms with Gasteiger partial charge in [0.1, 0.15) is 0 Å². The Kier molecular flexibility index (Phi) is 7.70. The molecule has 1 unspecified atom stereocenters. The lowest BCUT2D eigenvalue weighted by molar-refractivity contribution is -0.133. The molecule has 1 atom stereocenters. The molecule has 0 spiro atoms. The van der Waals surface area contributed by atoms with Gasteiger partial charge in [-0.25, -0.2) is 0 Å². The maximum Gasteiger partial charge on any atom is 0.223 e. The van der Waals surface area contributed by atoms with Gasteiger partial charge in [0.15, 0.2) is 0 Å². The van der Waals surface area contributed by atoms with Gasteiger partial charge in [0.2, 0.25) is 11.8 Å². The van der Waals surface area contributed by atoms with E-state index in [9.17, 15) is 9.59 Å². The van der Waals surface area contributed by atoms with Crippen LogP contribution in [0.1, 0.15) is 32.1 Å². The summed E-state index contributed by atoms with van der Waals surface area (Å²) in [6.07, 6.45) is 6.49. The van der Waals surface area contributed by atoms with Crippen LogP contribution in [0.15, 0.2) is 0 Å². The highest BCUT2D eigenvalue weighted by Crippen LogP contribution is 2.22. The van der Waals surface area contributed by atoms with Gasteiger partial charge < -0.3 is 14.7 Å². The van der Waals surface area contributed by atoms with Gasteiger partial charge in [-0.2, -0.15) is 11.8 Å². The lowest BCUT2D eigenvalue weighted by Gasteiger charge is -2.34. The van der Waals surface area contributed by atoms with Crippen LogP contribution in [0.3, 0.4) is 0 Å². The molecule has 0 radical (unpaired) electrons. The smallest absolute Gasteiger partial charge is 0.223 e. The summed E-state index contributed by atoms with van der Waals surface area (Å²) >= 11 is 1.72. The van der Waals surface area contributed by atoms with Crippen LogP contribution in [0, 0.1) is 5.92 Å². The number of piperazine rings is 1. The van der Waals surface area contributed by atoms with Crippen LogP contribution in [-0.2, 0) is 9.59 Å². The van der Waals surface area contributed by atoms with Crippen molar-refractivity contribution in [3.63, 3.8) is 0 Å². The fourth-order valence-corrected chi connectivity index (χ4v) is 3.80. The minimum absolute atomic E-state index is 0.287. The summed E-state index contributed by atoms with van der Waals surface area (Å²) in [7, 11) is 2.10. The number of hydrogen-bond acceptors (Lipinski definition) is 4. The Hall–Kier alpha value is -0.750. The maximum absolute atomic E-state index is 12.3. The van der Waals surface area contributed by atoms with Crippen molar-refractivity contribution in [2.45, 2.75) is 32.1 Å². The number of carbonyl (C=O) groups is 2. The standard InChI is InChI=1S/C17H31N3O2S/c1-18-9-11-19(12-10-18)16(21)6-5-15-4-3-8-20(14-15)17(22)7-13-23-2/h15H,3-14H2,1-2H3. The van der Waals surface area contributed by atoms with Crippen LogP contribution in [-0.4, -0.2) is 84.8 Å². The lowest BCUT2D eigenvalue weighted by atomic mass is 9.93. The number of likely N-dealkylation sites (N-methyl/N-ethyl adjacent to an activating group) is 1. The molecule has 132 valence electrons. The molecule has 0 aromatic rings. The van der Waals surface area contributed by atoms with E-state index in [1.165, 1.54) is 0 Å². The number of likely N-dealkylation sites (tertiary alicyclic amines) is 1. The van der Waals surface area contributed by atoms with Crippen LogP contribution in [0.25, 0.3) is 0 Å². The first-order valence-electron chi connectivity index (χ1n) is 8.83. The zero-order valence-corrected chi connectivity index (χ0v) is 15.4. The Morgan fingerprint density at radius 3 is 2.39 bits per heavy atom. The van der Waals surface area contributed by atoms with Gasteiger partial charge in [-0.05, 0) is 38.5 Å². The molecule has 6 heteroatoms. The topological polar surface area (TPSA) is 43.9 Å². The van der Waals surface area contributed by atoms with Gasteiger partial charge in [0.05, 0.1) is 0 Å². The third kappa shape index (κ3) is 5.99. The van der Waals surface area contributed by atoms with Gasteiger partial charge >= 0.3 is 0 Å². The van der Waals surface area contributed by atoms with Crippen molar-refractivity contribution < 1.29 is 9.59 Å². The van der Waals surface area contributed by atoms with E-state index in [4.69, 9.17) is 0 Å². The van der Waals surface area contributed by atoms with Gasteiger partial charge in [-0.1, -0.05) is 0 Å². The minimum atomic E-state index is 0.287. The summed E-state index contributed by atoms with van der Waals surface area (Å²) in [5.41, 5.74) is 0. The Bertz CT molecular complexity index is 397. The summed E-state index contributed by atoms with van der Waals surface area (Å²) in [4.78, 5) is 30.8. The van der Waals surface area contributed by atoms with E-state index in [0.717, 1.165) is 64.3 Å². The Morgan fingerprint density at radius 2 is 1.70 bits per heavy atom. The zero-order valence-electron chi connectivity index (χ0n) is 14.6. The predicted octanol–water partition coefficient (Wildman–Crippen LogP) is 1.53. The highest BCUT2D eigenvalue weighted by atomic mass is 32.2. The van der Waals surface area contributed by atoms with Crippen LogP contribution in [0.5, 0.6) is 0 Å². The quantitative estimate of drug-likeness (QED) is 0.735. The molecule has 2 heterocycles. The van der Waals surface area contributed by atoms with Crippen molar-refractivity contribution in [2.24, 2.45) is 5.92 Å². The normalized spacial score (nSPS) is 23.1. The largest absolute Gasteiger partial charge is 0.342 e. The van der Waals surface area contributed by atoms with Gasteiger partial charge in [0.25, 0.3) is 0 Å². The summed E-state index contributed by atoms with van der Waals surface area (Å²) in [5, 5.41) is 0. The second kappa shape index (κ2) is 9.52. The molecule has 5 nitrogen and oxygen atoms in total. The molecule has 2 aliphatic rings. The zero-order chi connectivity index (χ0) is 16.7. The molecule has 2 saturated heterocycles. The number of hydrogen-bond donors (Lipinski definition) is 0. The molecule has 23 heavy (non-hydrogen) atoms. The molecule has 2 amide bonds. The van der Waals surface area contributed by atoms with Gasteiger partial charge in [-0.15, -0.1) is 0 Å². The van der Waals surface area contributed by atoms with E-state index in [-0.39, 0.29) is 5.91 Å². The number of rotatable bonds is 6. The van der Waals surface area contributed by atoms with Gasteiger partial charge in [0, 0.05) is 57.9 Å². The Balaban J connectivity index is 1.70. The molecule has 0 aromatic carbocycles. The first kappa shape index (κ1) is 18.6. The predicted molar refractivity (Wildman–Crippen MR) is 95.6 cm³/mol. The molecule has 2 aliphatic heterocycles. The van der Waals surface area contributed by atoms with Crippen molar-refractivity contribution in [1.82, 2.24) is 14.7 Å². The molecular weight excluding hydrogens is 310 g/mol. The Labute approximate surface area is 144 Å². The van der Waals surface area contributed by atoms with E-state index in [1.54, 1.807) is 11.8 Å². The maximum atomic E-state index is 12.3. The van der Waals surface area contributed by atoms with Crippen molar-refractivity contribution in [3.05, 3.63) is 0 Å². The van der Waals surface area contributed by atoms with Crippen molar-refractivity contribution in [1.29, 1.82) is 0 Å². The third-order valence-corrected chi connectivity index (χ3v) is 5.63. The molecule has 2 fully saturated rings. The molecule has 0 aromatic heterocycles. The molecule has 0 saturated carbocycles. The summed E-state index contributed by atoms with van der Waals surface area (Å²) in [6, 6.07) is 0.